The quantitative estimate of drug-likeness (QED) is 0.721. The zero-order chi connectivity index (χ0) is 12.7. The Hall–Kier alpha value is -1.27. The van der Waals surface area contributed by atoms with Crippen molar-refractivity contribution < 1.29 is 0 Å². The van der Waals surface area contributed by atoms with E-state index in [1.165, 1.54) is 0 Å². The smallest absolute Gasteiger partial charge is 0.220 e. The van der Waals surface area contributed by atoms with Gasteiger partial charge in [0.05, 0.1) is 14.4 Å². The van der Waals surface area contributed by atoms with Crippen LogP contribution in [0.4, 0.5) is 0 Å². The van der Waals surface area contributed by atoms with E-state index in [0.717, 1.165) is 20.2 Å². The Morgan fingerprint density at radius 2 is 2.11 bits per heavy atom. The van der Waals surface area contributed by atoms with Crippen LogP contribution in [0, 0.1) is 0 Å². The van der Waals surface area contributed by atoms with Crippen LogP contribution < -0.4 is 0 Å². The molecule has 0 N–H and O–H groups in total. The summed E-state index contributed by atoms with van der Waals surface area (Å²) in [5.74, 6) is 1.78. The molecule has 0 spiro atoms. The zero-order valence-electron chi connectivity index (χ0n) is 9.96. The first-order valence-corrected chi connectivity index (χ1v) is 7.23. The highest BCUT2D eigenvalue weighted by Gasteiger charge is 2.12. The molecule has 0 aliphatic carbocycles. The predicted octanol–water partition coefficient (Wildman–Crippen LogP) is 3.74. The summed E-state index contributed by atoms with van der Waals surface area (Å²) in [6.45, 7) is 4.16. The van der Waals surface area contributed by atoms with Gasteiger partial charge >= 0.3 is 0 Å². The molecule has 0 aromatic carbocycles. The van der Waals surface area contributed by atoms with Crippen molar-refractivity contribution in [2.75, 3.05) is 0 Å². The highest BCUT2D eigenvalue weighted by Crippen LogP contribution is 2.31. The minimum atomic E-state index is 0.301. The van der Waals surface area contributed by atoms with Gasteiger partial charge < -0.3 is 0 Å². The minimum Gasteiger partial charge on any atom is -0.220 e. The molecule has 3 heterocycles. The molecule has 0 saturated heterocycles. The fourth-order valence-corrected chi connectivity index (χ4v) is 3.09. The highest BCUT2D eigenvalue weighted by atomic mass is 79.9. The molecule has 4 nitrogen and oxygen atoms in total. The van der Waals surface area contributed by atoms with Crippen molar-refractivity contribution in [3.63, 3.8) is 0 Å². The number of nitrogens with zero attached hydrogens (tertiary/aromatic N) is 4. The topological polar surface area (TPSA) is 43.1 Å². The van der Waals surface area contributed by atoms with Crippen molar-refractivity contribution >= 4 is 33.0 Å². The van der Waals surface area contributed by atoms with Crippen molar-refractivity contribution in [1.82, 2.24) is 19.6 Å². The van der Waals surface area contributed by atoms with Crippen LogP contribution in [0.3, 0.4) is 0 Å². The first kappa shape index (κ1) is 11.8. The molecule has 0 aliphatic rings. The van der Waals surface area contributed by atoms with Crippen LogP contribution in [0.1, 0.15) is 25.6 Å². The van der Waals surface area contributed by atoms with Crippen LogP contribution >= 0.6 is 27.3 Å². The monoisotopic (exact) mass is 322 g/mol. The van der Waals surface area contributed by atoms with Gasteiger partial charge in [0.25, 0.3) is 5.78 Å². The fraction of sp³-hybridized carbons (Fsp3) is 0.250. The molecule has 0 fully saturated rings. The average molecular weight is 323 g/mol. The third-order valence-corrected chi connectivity index (χ3v) is 4.25. The van der Waals surface area contributed by atoms with E-state index < -0.39 is 0 Å². The van der Waals surface area contributed by atoms with Crippen LogP contribution in [-0.4, -0.2) is 19.6 Å². The summed E-state index contributed by atoms with van der Waals surface area (Å²) in [6, 6.07) is 6.07. The maximum Gasteiger partial charge on any atom is 0.252 e. The Morgan fingerprint density at radius 1 is 1.28 bits per heavy atom. The molecule has 0 radical (unpaired) electrons. The van der Waals surface area contributed by atoms with E-state index in [1.807, 2.05) is 16.6 Å². The van der Waals surface area contributed by atoms with Crippen molar-refractivity contribution in [3.8, 4) is 10.6 Å². The van der Waals surface area contributed by atoms with E-state index >= 15 is 0 Å². The summed E-state index contributed by atoms with van der Waals surface area (Å²) >= 11 is 5.15. The lowest BCUT2D eigenvalue weighted by Crippen LogP contribution is -1.95. The Kier molecular flexibility index (Phi) is 2.91. The van der Waals surface area contributed by atoms with E-state index in [4.69, 9.17) is 0 Å². The van der Waals surface area contributed by atoms with Crippen LogP contribution in [0.15, 0.2) is 28.2 Å². The molecule has 92 valence electrons. The molecule has 0 unspecified atom stereocenters. The first-order valence-electron chi connectivity index (χ1n) is 5.62. The van der Waals surface area contributed by atoms with Crippen molar-refractivity contribution in [2.24, 2.45) is 0 Å². The molecule has 0 bridgehead atoms. The van der Waals surface area contributed by atoms with E-state index in [0.29, 0.717) is 11.7 Å². The summed E-state index contributed by atoms with van der Waals surface area (Å²) in [5.41, 5.74) is 1.02. The Morgan fingerprint density at radius 3 is 2.78 bits per heavy atom. The van der Waals surface area contributed by atoms with Crippen LogP contribution in [0.5, 0.6) is 0 Å². The number of aromatic nitrogens is 4. The van der Waals surface area contributed by atoms with E-state index in [9.17, 15) is 0 Å². The van der Waals surface area contributed by atoms with E-state index in [-0.39, 0.29) is 0 Å². The van der Waals surface area contributed by atoms with Crippen LogP contribution in [0.25, 0.3) is 16.3 Å². The highest BCUT2D eigenvalue weighted by molar-refractivity contribution is 9.11. The standard InChI is InChI=1S/C12H11BrN4S/c1-7(2)11-15-12-14-6-5-8(17(12)16-11)9-3-4-10(13)18-9/h3-7H,1-2H3. The first-order chi connectivity index (χ1) is 8.65. The lowest BCUT2D eigenvalue weighted by Gasteiger charge is -1.99. The summed E-state index contributed by atoms with van der Waals surface area (Å²) in [6.07, 6.45) is 1.77. The lowest BCUT2D eigenvalue weighted by molar-refractivity contribution is 0.767. The molecule has 0 atom stereocenters. The van der Waals surface area contributed by atoms with E-state index in [2.05, 4.69) is 50.9 Å². The van der Waals surface area contributed by atoms with Gasteiger partial charge in [0, 0.05) is 12.1 Å². The number of hydrogen-bond donors (Lipinski definition) is 0. The second-order valence-electron chi connectivity index (χ2n) is 4.27. The van der Waals surface area contributed by atoms with Crippen molar-refractivity contribution in [2.45, 2.75) is 19.8 Å². The minimum absolute atomic E-state index is 0.301. The molecule has 6 heteroatoms. The normalized spacial score (nSPS) is 11.6. The Labute approximate surface area is 117 Å². The number of fused-ring (bicyclic) bond motifs is 1. The number of thiophene rings is 1. The molecule has 0 aliphatic heterocycles. The summed E-state index contributed by atoms with van der Waals surface area (Å²) in [5, 5.41) is 4.53. The van der Waals surface area contributed by atoms with Gasteiger partial charge in [-0.1, -0.05) is 13.8 Å². The second-order valence-corrected chi connectivity index (χ2v) is 6.73. The maximum atomic E-state index is 4.53. The third-order valence-electron chi connectivity index (χ3n) is 2.60. The molecule has 3 aromatic rings. The van der Waals surface area contributed by atoms with Gasteiger partial charge in [-0.2, -0.15) is 9.50 Å². The molecule has 0 saturated carbocycles. The zero-order valence-corrected chi connectivity index (χ0v) is 12.4. The van der Waals surface area contributed by atoms with Gasteiger partial charge in [-0.3, -0.25) is 0 Å². The Balaban J connectivity index is 2.23. The molecule has 3 rings (SSSR count). The second kappa shape index (κ2) is 4.44. The number of hydrogen-bond acceptors (Lipinski definition) is 4. The lowest BCUT2D eigenvalue weighted by atomic mass is 10.2. The summed E-state index contributed by atoms with van der Waals surface area (Å²) < 4.78 is 2.92. The molecule has 0 amide bonds. The van der Waals surface area contributed by atoms with Gasteiger partial charge in [0.2, 0.25) is 0 Å². The third kappa shape index (κ3) is 1.95. The van der Waals surface area contributed by atoms with Gasteiger partial charge in [-0.05, 0) is 34.1 Å². The van der Waals surface area contributed by atoms with E-state index in [1.54, 1.807) is 17.5 Å². The number of rotatable bonds is 2. The predicted molar refractivity (Wildman–Crippen MR) is 75.9 cm³/mol. The van der Waals surface area contributed by atoms with Gasteiger partial charge in [-0.15, -0.1) is 16.4 Å². The van der Waals surface area contributed by atoms with Crippen LogP contribution in [-0.2, 0) is 0 Å². The SMILES string of the molecule is CC(C)c1nc2nccc(-c3ccc(Br)s3)n2n1. The molecule has 3 aromatic heterocycles. The average Bonchev–Trinajstić information content (AvgIpc) is 2.94. The number of halogens is 1. The molecular formula is C12H11BrN4S. The van der Waals surface area contributed by atoms with Crippen LogP contribution in [0.2, 0.25) is 0 Å². The van der Waals surface area contributed by atoms with Gasteiger partial charge in [0.15, 0.2) is 5.82 Å². The Bertz CT molecular complexity index is 701. The molecule has 18 heavy (non-hydrogen) atoms. The summed E-state index contributed by atoms with van der Waals surface area (Å²) in [7, 11) is 0. The summed E-state index contributed by atoms with van der Waals surface area (Å²) in [4.78, 5) is 9.85. The van der Waals surface area contributed by atoms with Gasteiger partial charge in [0.1, 0.15) is 0 Å². The maximum absolute atomic E-state index is 4.53. The van der Waals surface area contributed by atoms with Gasteiger partial charge in [-0.25, -0.2) is 4.98 Å². The van der Waals surface area contributed by atoms with Crippen molar-refractivity contribution in [1.29, 1.82) is 0 Å². The molecular weight excluding hydrogens is 312 g/mol. The van der Waals surface area contributed by atoms with Crippen molar-refractivity contribution in [3.05, 3.63) is 34.0 Å². The largest absolute Gasteiger partial charge is 0.252 e. The fourth-order valence-electron chi connectivity index (χ4n) is 1.69.